The van der Waals surface area contributed by atoms with Crippen molar-refractivity contribution in [1.29, 1.82) is 0 Å². The molecule has 2 aliphatic rings. The van der Waals surface area contributed by atoms with Crippen LogP contribution in [-0.2, 0) is 10.5 Å². The zero-order valence-electron chi connectivity index (χ0n) is 18.1. The minimum atomic E-state index is -0.00407. The van der Waals surface area contributed by atoms with E-state index in [1.165, 1.54) is 11.8 Å². The molecule has 0 aliphatic carbocycles. The summed E-state index contributed by atoms with van der Waals surface area (Å²) in [7, 11) is 0. The largest absolute Gasteiger partial charge is 0.451 e. The van der Waals surface area contributed by atoms with Crippen molar-refractivity contribution >= 4 is 28.6 Å². The summed E-state index contributed by atoms with van der Waals surface area (Å²) in [5.41, 5.74) is 1.68. The lowest BCUT2D eigenvalue weighted by atomic mass is 9.95. The number of hydrogen-bond donors (Lipinski definition) is 0. The Bertz CT molecular complexity index is 1040. The smallest absolute Gasteiger partial charge is 0.289 e. The monoisotopic (exact) mass is 452 g/mol. The van der Waals surface area contributed by atoms with Gasteiger partial charge in [0.2, 0.25) is 0 Å². The van der Waals surface area contributed by atoms with E-state index in [4.69, 9.17) is 9.15 Å². The van der Waals surface area contributed by atoms with Crippen LogP contribution >= 0.6 is 11.8 Å². The molecule has 1 amide bonds. The number of carbonyl (C=O) groups excluding carboxylic acids is 1. The first kappa shape index (κ1) is 21.4. The summed E-state index contributed by atoms with van der Waals surface area (Å²) in [6.07, 6.45) is 5.53. The summed E-state index contributed by atoms with van der Waals surface area (Å²) in [6, 6.07) is 9.67. The number of thioether (sulfide) groups is 1. The molecule has 0 radical (unpaired) electrons. The van der Waals surface area contributed by atoms with Crippen LogP contribution in [0.25, 0.3) is 11.0 Å². The Labute approximate surface area is 192 Å². The van der Waals surface area contributed by atoms with Gasteiger partial charge in [0.15, 0.2) is 10.9 Å². The van der Waals surface area contributed by atoms with Gasteiger partial charge in [-0.15, -0.1) is 0 Å². The Morgan fingerprint density at radius 2 is 1.78 bits per heavy atom. The van der Waals surface area contributed by atoms with E-state index in [1.54, 1.807) is 18.5 Å². The second-order valence-electron chi connectivity index (χ2n) is 8.37. The van der Waals surface area contributed by atoms with Gasteiger partial charge in [0.25, 0.3) is 5.91 Å². The van der Waals surface area contributed by atoms with Crippen molar-refractivity contribution in [3.05, 3.63) is 54.0 Å². The predicted octanol–water partition coefficient (Wildman–Crippen LogP) is 3.70. The molecule has 168 valence electrons. The third-order valence-electron chi connectivity index (χ3n) is 6.30. The molecule has 0 bridgehead atoms. The molecular weight excluding hydrogens is 424 g/mol. The van der Waals surface area contributed by atoms with Crippen LogP contribution in [0.5, 0.6) is 0 Å². The van der Waals surface area contributed by atoms with Crippen molar-refractivity contribution in [2.75, 3.05) is 45.9 Å². The number of nitrogens with zero attached hydrogens (tertiary/aromatic N) is 4. The maximum atomic E-state index is 13.5. The van der Waals surface area contributed by atoms with Gasteiger partial charge >= 0.3 is 0 Å². The van der Waals surface area contributed by atoms with Gasteiger partial charge in [-0.2, -0.15) is 0 Å². The number of carbonyl (C=O) groups is 1. The molecule has 2 fully saturated rings. The van der Waals surface area contributed by atoms with Crippen LogP contribution in [0.2, 0.25) is 0 Å². The average molecular weight is 453 g/mol. The zero-order valence-corrected chi connectivity index (χ0v) is 18.9. The number of benzene rings is 1. The molecule has 8 heteroatoms. The van der Waals surface area contributed by atoms with E-state index in [0.29, 0.717) is 22.6 Å². The van der Waals surface area contributed by atoms with E-state index in [1.807, 2.05) is 29.2 Å². The van der Waals surface area contributed by atoms with Gasteiger partial charge in [-0.1, -0.05) is 30.0 Å². The molecular formula is C24H28N4O3S. The molecule has 0 unspecified atom stereocenters. The van der Waals surface area contributed by atoms with E-state index in [-0.39, 0.29) is 5.91 Å². The van der Waals surface area contributed by atoms with Crippen molar-refractivity contribution in [3.8, 4) is 0 Å². The molecule has 3 aromatic rings. The number of morpholine rings is 1. The number of piperidine rings is 1. The highest BCUT2D eigenvalue weighted by Gasteiger charge is 2.29. The van der Waals surface area contributed by atoms with Gasteiger partial charge in [0.05, 0.1) is 13.2 Å². The molecule has 32 heavy (non-hydrogen) atoms. The van der Waals surface area contributed by atoms with Crippen molar-refractivity contribution < 1.29 is 13.9 Å². The Morgan fingerprint density at radius 3 is 2.56 bits per heavy atom. The molecule has 7 nitrogen and oxygen atoms in total. The summed E-state index contributed by atoms with van der Waals surface area (Å²) in [5.74, 6) is 1.69. The van der Waals surface area contributed by atoms with Crippen LogP contribution in [0.4, 0.5) is 0 Å². The number of hydrogen-bond acceptors (Lipinski definition) is 7. The fourth-order valence-electron chi connectivity index (χ4n) is 4.52. The van der Waals surface area contributed by atoms with Crippen LogP contribution in [0.3, 0.4) is 0 Å². The molecule has 1 aromatic carbocycles. The summed E-state index contributed by atoms with van der Waals surface area (Å²) in [6.45, 7) is 6.36. The predicted molar refractivity (Wildman–Crippen MR) is 124 cm³/mol. The Hall–Kier alpha value is -2.42. The Kier molecular flexibility index (Phi) is 6.71. The highest BCUT2D eigenvalue weighted by molar-refractivity contribution is 7.98. The SMILES string of the molecule is O=C(c1oc2ccccc2c1CSc1ncccn1)N1CCC(CN2CCOCC2)CC1. The molecule has 0 saturated carbocycles. The third-order valence-corrected chi connectivity index (χ3v) is 7.20. The number of amides is 1. The quantitative estimate of drug-likeness (QED) is 0.417. The third kappa shape index (κ3) is 4.82. The molecule has 0 atom stereocenters. The molecule has 5 rings (SSSR count). The lowest BCUT2D eigenvalue weighted by molar-refractivity contribution is 0.0240. The molecule has 0 N–H and O–H groups in total. The van der Waals surface area contributed by atoms with E-state index < -0.39 is 0 Å². The fourth-order valence-corrected chi connectivity index (χ4v) is 5.35. The number of likely N-dealkylation sites (tertiary alicyclic amines) is 1. The van der Waals surface area contributed by atoms with Gasteiger partial charge in [0.1, 0.15) is 5.58 Å². The summed E-state index contributed by atoms with van der Waals surface area (Å²) >= 11 is 1.52. The van der Waals surface area contributed by atoms with Gasteiger partial charge < -0.3 is 14.1 Å². The van der Waals surface area contributed by atoms with Crippen LogP contribution in [0.15, 0.2) is 52.3 Å². The number of para-hydroxylation sites is 1. The van der Waals surface area contributed by atoms with E-state index in [0.717, 1.165) is 75.3 Å². The van der Waals surface area contributed by atoms with Gasteiger partial charge in [-0.3, -0.25) is 9.69 Å². The van der Waals surface area contributed by atoms with E-state index in [2.05, 4.69) is 14.9 Å². The number of aromatic nitrogens is 2. The number of furan rings is 1. The van der Waals surface area contributed by atoms with Gasteiger partial charge in [-0.05, 0) is 30.9 Å². The number of ether oxygens (including phenoxy) is 1. The van der Waals surface area contributed by atoms with Crippen LogP contribution < -0.4 is 0 Å². The zero-order chi connectivity index (χ0) is 21.8. The summed E-state index contributed by atoms with van der Waals surface area (Å²) in [5, 5.41) is 1.68. The Morgan fingerprint density at radius 1 is 1.03 bits per heavy atom. The van der Waals surface area contributed by atoms with Crippen molar-refractivity contribution in [3.63, 3.8) is 0 Å². The standard InChI is InChI=1S/C24H28N4O3S/c29-23(28-10-6-18(7-11-28)16-27-12-14-30-15-13-27)22-20(17-32-24-25-8-3-9-26-24)19-4-1-2-5-21(19)31-22/h1-5,8-9,18H,6-7,10-17H2. The minimum absolute atomic E-state index is 0.00407. The van der Waals surface area contributed by atoms with E-state index >= 15 is 0 Å². The van der Waals surface area contributed by atoms with Crippen LogP contribution in [0, 0.1) is 5.92 Å². The lowest BCUT2D eigenvalue weighted by Crippen LogP contribution is -2.44. The molecule has 2 aliphatic heterocycles. The number of rotatable bonds is 6. The average Bonchev–Trinajstić information content (AvgIpc) is 3.23. The fraction of sp³-hybridized carbons (Fsp3) is 0.458. The molecule has 4 heterocycles. The summed E-state index contributed by atoms with van der Waals surface area (Å²) < 4.78 is 11.5. The minimum Gasteiger partial charge on any atom is -0.451 e. The normalized spacial score (nSPS) is 18.3. The number of fused-ring (bicyclic) bond motifs is 1. The van der Waals surface area contributed by atoms with Crippen LogP contribution in [-0.4, -0.2) is 71.6 Å². The first-order valence-electron chi connectivity index (χ1n) is 11.3. The Balaban J connectivity index is 1.28. The lowest BCUT2D eigenvalue weighted by Gasteiger charge is -2.35. The maximum absolute atomic E-state index is 13.5. The van der Waals surface area contributed by atoms with Gasteiger partial charge in [-0.25, -0.2) is 9.97 Å². The highest BCUT2D eigenvalue weighted by Crippen LogP contribution is 2.32. The topological polar surface area (TPSA) is 71.7 Å². The molecule has 0 spiro atoms. The molecule has 2 aromatic heterocycles. The first-order chi connectivity index (χ1) is 15.8. The second-order valence-corrected chi connectivity index (χ2v) is 9.32. The van der Waals surface area contributed by atoms with Crippen molar-refractivity contribution in [1.82, 2.24) is 19.8 Å². The van der Waals surface area contributed by atoms with Crippen molar-refractivity contribution in [2.45, 2.75) is 23.8 Å². The van der Waals surface area contributed by atoms with Crippen molar-refractivity contribution in [2.24, 2.45) is 5.92 Å². The highest BCUT2D eigenvalue weighted by atomic mass is 32.2. The maximum Gasteiger partial charge on any atom is 0.289 e. The van der Waals surface area contributed by atoms with Gasteiger partial charge in [0, 0.05) is 61.8 Å². The van der Waals surface area contributed by atoms with Crippen LogP contribution in [0.1, 0.15) is 29.0 Å². The second kappa shape index (κ2) is 10.0. The summed E-state index contributed by atoms with van der Waals surface area (Å²) in [4.78, 5) is 26.5. The molecule has 2 saturated heterocycles. The first-order valence-corrected chi connectivity index (χ1v) is 12.3. The van der Waals surface area contributed by atoms with E-state index in [9.17, 15) is 4.79 Å².